The molecule has 118 valence electrons. The van der Waals surface area contributed by atoms with Crippen molar-refractivity contribution < 1.29 is 28.2 Å². The van der Waals surface area contributed by atoms with Crippen LogP contribution in [0.15, 0.2) is 0 Å². The Bertz CT molecular complexity index is 392. The number of amides is 2. The van der Waals surface area contributed by atoms with Crippen molar-refractivity contribution >= 4 is 27.4 Å². The maximum absolute atomic E-state index is 10.9. The van der Waals surface area contributed by atoms with Gasteiger partial charge in [-0.1, -0.05) is 0 Å². The quantitative estimate of drug-likeness (QED) is 0.253. The van der Waals surface area contributed by atoms with Gasteiger partial charge in [-0.05, 0) is 12.8 Å². The van der Waals surface area contributed by atoms with Gasteiger partial charge >= 0.3 is 27.4 Å². The van der Waals surface area contributed by atoms with Crippen LogP contribution >= 0.6 is 15.2 Å². The maximum Gasteiger partial charge on any atom is 0.414 e. The molecular formula is C6H18N6O6P2. The number of nitrogens with two attached hydrogens (primary N) is 4. The number of rotatable bonds is 7. The Morgan fingerprint density at radius 1 is 0.800 bits per heavy atom. The fraction of sp³-hybridized carbons (Fsp3) is 0.667. The van der Waals surface area contributed by atoms with Crippen molar-refractivity contribution in [2.45, 2.75) is 12.8 Å². The summed E-state index contributed by atoms with van der Waals surface area (Å²) in [6.07, 6.45) is -1.32. The Morgan fingerprint density at radius 2 is 1.10 bits per heavy atom. The lowest BCUT2D eigenvalue weighted by molar-refractivity contribution is 0.134. The standard InChI is InChI=1S/C6H18N6O6P2/c7-19(8,15)11-5(13)17-3-1-2-4-18-6(14)12-20(9,10)16/h1-4H2,(H5,7,8,11,13,15)(H5,9,10,12,14,16). The Kier molecular flexibility index (Phi) is 7.72. The molecule has 0 unspecified atom stereocenters. The molecule has 12 nitrogen and oxygen atoms in total. The van der Waals surface area contributed by atoms with E-state index in [2.05, 4.69) is 9.47 Å². The molecule has 0 rings (SSSR count). The third kappa shape index (κ3) is 13.3. The summed E-state index contributed by atoms with van der Waals surface area (Å²) < 4.78 is 30.7. The zero-order valence-corrected chi connectivity index (χ0v) is 12.3. The van der Waals surface area contributed by atoms with Gasteiger partial charge in [0.2, 0.25) is 0 Å². The molecule has 0 heterocycles. The Balaban J connectivity index is 3.59. The summed E-state index contributed by atoms with van der Waals surface area (Å²) >= 11 is 0. The summed E-state index contributed by atoms with van der Waals surface area (Å²) in [5, 5.41) is 3.50. The van der Waals surface area contributed by atoms with E-state index < -0.39 is 27.4 Å². The average molecular weight is 332 g/mol. The van der Waals surface area contributed by atoms with Gasteiger partial charge in [-0.25, -0.2) is 19.8 Å². The second kappa shape index (κ2) is 8.20. The van der Waals surface area contributed by atoms with Crippen molar-refractivity contribution in [3.8, 4) is 0 Å². The number of ether oxygens (including phenoxy) is 2. The molecule has 0 saturated carbocycles. The van der Waals surface area contributed by atoms with Crippen molar-refractivity contribution in [1.82, 2.24) is 10.2 Å². The van der Waals surface area contributed by atoms with Gasteiger partial charge in [-0.3, -0.25) is 31.1 Å². The largest absolute Gasteiger partial charge is 0.449 e. The second-order valence-corrected chi connectivity index (χ2v) is 6.91. The van der Waals surface area contributed by atoms with Gasteiger partial charge < -0.3 is 9.47 Å². The number of unbranched alkanes of at least 4 members (excludes halogenated alkanes) is 1. The van der Waals surface area contributed by atoms with Gasteiger partial charge in [0.05, 0.1) is 13.2 Å². The lowest BCUT2D eigenvalue weighted by atomic mass is 10.3. The number of carbonyl (C=O) groups excluding carboxylic acids is 2. The predicted octanol–water partition coefficient (Wildman–Crippen LogP) is -0.730. The molecule has 0 fully saturated rings. The van der Waals surface area contributed by atoms with E-state index in [1.807, 2.05) is 0 Å². The summed E-state index contributed by atoms with van der Waals surface area (Å²) in [4.78, 5) is 21.9. The number of nitrogens with one attached hydrogen (secondary N) is 2. The van der Waals surface area contributed by atoms with Crippen LogP contribution in [-0.4, -0.2) is 25.4 Å². The van der Waals surface area contributed by atoms with Gasteiger partial charge in [0.1, 0.15) is 0 Å². The fourth-order valence-electron chi connectivity index (χ4n) is 0.884. The highest BCUT2D eigenvalue weighted by molar-refractivity contribution is 7.57. The maximum atomic E-state index is 10.9. The molecule has 20 heavy (non-hydrogen) atoms. The SMILES string of the molecule is NP(N)(=O)NC(=O)OCCCCOC(=O)NP(N)(N)=O. The van der Waals surface area contributed by atoms with Crippen LogP contribution < -0.4 is 32.2 Å². The smallest absolute Gasteiger partial charge is 0.414 e. The third-order valence-electron chi connectivity index (χ3n) is 1.54. The highest BCUT2D eigenvalue weighted by atomic mass is 31.2. The van der Waals surface area contributed by atoms with E-state index >= 15 is 0 Å². The van der Waals surface area contributed by atoms with E-state index in [-0.39, 0.29) is 13.2 Å². The van der Waals surface area contributed by atoms with Crippen LogP contribution in [0.3, 0.4) is 0 Å². The van der Waals surface area contributed by atoms with Crippen molar-refractivity contribution in [2.24, 2.45) is 22.0 Å². The molecule has 0 radical (unpaired) electrons. The summed E-state index contributed by atoms with van der Waals surface area (Å²) in [5.74, 6) is 0. The van der Waals surface area contributed by atoms with Gasteiger partial charge in [0.25, 0.3) is 0 Å². The van der Waals surface area contributed by atoms with Crippen molar-refractivity contribution in [3.63, 3.8) is 0 Å². The minimum absolute atomic E-state index is 0.0247. The zero-order chi connectivity index (χ0) is 15.8. The second-order valence-electron chi connectivity index (χ2n) is 3.62. The van der Waals surface area contributed by atoms with Crippen LogP contribution in [0.5, 0.6) is 0 Å². The molecular weight excluding hydrogens is 314 g/mol. The van der Waals surface area contributed by atoms with Gasteiger partial charge in [-0.2, -0.15) is 0 Å². The Morgan fingerprint density at radius 3 is 1.35 bits per heavy atom. The van der Waals surface area contributed by atoms with Gasteiger partial charge in [-0.15, -0.1) is 0 Å². The van der Waals surface area contributed by atoms with Gasteiger partial charge in [0.15, 0.2) is 0 Å². The van der Waals surface area contributed by atoms with Crippen molar-refractivity contribution in [2.75, 3.05) is 13.2 Å². The summed E-state index contributed by atoms with van der Waals surface area (Å²) in [7, 11) is -7.34. The van der Waals surface area contributed by atoms with E-state index in [1.54, 1.807) is 10.2 Å². The number of hydrogen-bond acceptors (Lipinski definition) is 6. The van der Waals surface area contributed by atoms with Crippen LogP contribution in [0, 0.1) is 0 Å². The van der Waals surface area contributed by atoms with Crippen LogP contribution in [0.1, 0.15) is 12.8 Å². The molecule has 0 aliphatic heterocycles. The van der Waals surface area contributed by atoms with Crippen LogP contribution in [0.4, 0.5) is 9.59 Å². The average Bonchev–Trinajstić information content (AvgIpc) is 2.17. The predicted molar refractivity (Wildman–Crippen MR) is 70.2 cm³/mol. The molecule has 0 bridgehead atoms. The van der Waals surface area contributed by atoms with E-state index in [0.717, 1.165) is 0 Å². The number of carbonyl (C=O) groups is 2. The normalized spacial score (nSPS) is 11.6. The molecule has 14 heteroatoms. The molecule has 0 aliphatic carbocycles. The molecule has 0 atom stereocenters. The topological polar surface area (TPSA) is 215 Å². The van der Waals surface area contributed by atoms with Crippen molar-refractivity contribution in [3.05, 3.63) is 0 Å². The minimum Gasteiger partial charge on any atom is -0.449 e. The van der Waals surface area contributed by atoms with E-state index in [0.29, 0.717) is 12.8 Å². The third-order valence-corrected chi connectivity index (χ3v) is 2.60. The molecule has 0 aromatic heterocycles. The highest BCUT2D eigenvalue weighted by Crippen LogP contribution is 2.17. The first-order chi connectivity index (χ1) is 8.99. The Hall–Kier alpha value is -1.16. The molecule has 0 saturated heterocycles. The van der Waals surface area contributed by atoms with Crippen molar-refractivity contribution in [1.29, 1.82) is 0 Å². The first-order valence-corrected chi connectivity index (χ1v) is 8.93. The van der Waals surface area contributed by atoms with Crippen LogP contribution in [0.2, 0.25) is 0 Å². The Labute approximate surface area is 114 Å². The lowest BCUT2D eigenvalue weighted by Gasteiger charge is -2.10. The molecule has 0 spiro atoms. The summed E-state index contributed by atoms with van der Waals surface area (Å²) in [6, 6.07) is 0. The first-order valence-electron chi connectivity index (χ1n) is 5.24. The highest BCUT2D eigenvalue weighted by Gasteiger charge is 2.14. The molecule has 2 amide bonds. The molecule has 0 aromatic rings. The van der Waals surface area contributed by atoms with Crippen LogP contribution in [0.25, 0.3) is 0 Å². The molecule has 0 aliphatic rings. The molecule has 0 aromatic carbocycles. The van der Waals surface area contributed by atoms with E-state index in [1.165, 1.54) is 0 Å². The van der Waals surface area contributed by atoms with E-state index in [4.69, 9.17) is 22.0 Å². The summed E-state index contributed by atoms with van der Waals surface area (Å²) in [6.45, 7) is -0.0494. The monoisotopic (exact) mass is 332 g/mol. The lowest BCUT2D eigenvalue weighted by Crippen LogP contribution is -2.29. The first kappa shape index (κ1) is 18.8. The van der Waals surface area contributed by atoms with Crippen LogP contribution in [-0.2, 0) is 18.6 Å². The van der Waals surface area contributed by atoms with E-state index in [9.17, 15) is 18.7 Å². The fourth-order valence-corrected chi connectivity index (χ4v) is 1.58. The zero-order valence-electron chi connectivity index (χ0n) is 10.5. The van der Waals surface area contributed by atoms with Gasteiger partial charge in [0, 0.05) is 0 Å². The number of hydrogen-bond donors (Lipinski definition) is 6. The minimum atomic E-state index is -3.67. The summed E-state index contributed by atoms with van der Waals surface area (Å²) in [5.41, 5.74) is 19.5. The molecule has 10 N–H and O–H groups in total.